The number of nitrogens with one attached hydrogen (secondary N) is 1. The molecule has 3 N–H and O–H groups in total. The molecule has 2 rings (SSSR count). The second kappa shape index (κ2) is 4.87. The van der Waals surface area contributed by atoms with Crippen LogP contribution in [-0.2, 0) is 0 Å². The first-order chi connectivity index (χ1) is 8.58. The molecule has 0 saturated heterocycles. The molecule has 0 fully saturated rings. The zero-order chi connectivity index (χ0) is 13.1. The van der Waals surface area contributed by atoms with Crippen molar-refractivity contribution >= 4 is 22.8 Å². The average molecular weight is 244 g/mol. The van der Waals surface area contributed by atoms with Crippen molar-refractivity contribution in [1.29, 1.82) is 0 Å². The largest absolute Gasteiger partial charge is 0.397 e. The number of rotatable bonds is 3. The van der Waals surface area contributed by atoms with Gasteiger partial charge in [0, 0.05) is 11.3 Å². The van der Waals surface area contributed by atoms with E-state index in [2.05, 4.69) is 5.32 Å². The molecule has 0 atom stereocenters. The van der Waals surface area contributed by atoms with Crippen LogP contribution < -0.4 is 11.1 Å². The zero-order valence-electron chi connectivity index (χ0n) is 9.91. The average Bonchev–Trinajstić information content (AvgIpc) is 2.34. The maximum Gasteiger partial charge on any atom is 0.159 e. The molecule has 0 heterocycles. The molecule has 92 valence electrons. The quantitative estimate of drug-likeness (QED) is 0.643. The van der Waals surface area contributed by atoms with Crippen LogP contribution in [0.1, 0.15) is 17.3 Å². The zero-order valence-corrected chi connectivity index (χ0v) is 9.91. The summed E-state index contributed by atoms with van der Waals surface area (Å²) in [4.78, 5) is 11.1. The topological polar surface area (TPSA) is 55.1 Å². The molecule has 0 aromatic heterocycles. The summed E-state index contributed by atoms with van der Waals surface area (Å²) in [6.07, 6.45) is 0. The van der Waals surface area contributed by atoms with E-state index in [1.807, 2.05) is 0 Å². The van der Waals surface area contributed by atoms with Gasteiger partial charge < -0.3 is 11.1 Å². The van der Waals surface area contributed by atoms with Crippen LogP contribution in [0, 0.1) is 5.82 Å². The summed E-state index contributed by atoms with van der Waals surface area (Å²) in [7, 11) is 0. The van der Waals surface area contributed by atoms with E-state index in [4.69, 9.17) is 5.73 Å². The maximum absolute atomic E-state index is 13.5. The molecule has 18 heavy (non-hydrogen) atoms. The SMILES string of the molecule is CC(=O)c1ccc(Nc2c(N)cccc2F)cc1. The number of hydrogen-bond acceptors (Lipinski definition) is 3. The van der Waals surface area contributed by atoms with E-state index in [0.29, 0.717) is 16.9 Å². The number of carbonyl (C=O) groups excluding carboxylic acids is 1. The Kier molecular flexibility index (Phi) is 3.28. The van der Waals surface area contributed by atoms with Crippen molar-refractivity contribution in [2.45, 2.75) is 6.92 Å². The van der Waals surface area contributed by atoms with Gasteiger partial charge in [0.25, 0.3) is 0 Å². The molecule has 0 aliphatic rings. The minimum absolute atomic E-state index is 0.00745. The fraction of sp³-hybridized carbons (Fsp3) is 0.0714. The van der Waals surface area contributed by atoms with Crippen LogP contribution in [-0.4, -0.2) is 5.78 Å². The van der Waals surface area contributed by atoms with Crippen molar-refractivity contribution in [2.75, 3.05) is 11.1 Å². The summed E-state index contributed by atoms with van der Waals surface area (Å²) >= 11 is 0. The lowest BCUT2D eigenvalue weighted by Crippen LogP contribution is -1.99. The lowest BCUT2D eigenvalue weighted by molar-refractivity contribution is 0.101. The Bertz CT molecular complexity index is 559. The van der Waals surface area contributed by atoms with Crippen LogP contribution in [0.2, 0.25) is 0 Å². The van der Waals surface area contributed by atoms with Crippen molar-refractivity contribution < 1.29 is 9.18 Å². The number of Topliss-reactive ketones (excluding diaryl/α,β-unsaturated/α-hetero) is 1. The highest BCUT2D eigenvalue weighted by Crippen LogP contribution is 2.26. The molecule has 3 nitrogen and oxygen atoms in total. The minimum atomic E-state index is -0.411. The number of nitrogens with two attached hydrogens (primary N) is 1. The number of nitrogen functional groups attached to an aromatic ring is 1. The highest BCUT2D eigenvalue weighted by atomic mass is 19.1. The number of benzene rings is 2. The van der Waals surface area contributed by atoms with Crippen molar-refractivity contribution in [2.24, 2.45) is 0 Å². The van der Waals surface area contributed by atoms with Gasteiger partial charge in [-0.15, -0.1) is 0 Å². The lowest BCUT2D eigenvalue weighted by Gasteiger charge is -2.10. The van der Waals surface area contributed by atoms with E-state index >= 15 is 0 Å². The Balaban J connectivity index is 2.26. The second-order valence-corrected chi connectivity index (χ2v) is 3.96. The van der Waals surface area contributed by atoms with Gasteiger partial charge >= 0.3 is 0 Å². The number of hydrogen-bond donors (Lipinski definition) is 2. The van der Waals surface area contributed by atoms with Crippen LogP contribution >= 0.6 is 0 Å². The Morgan fingerprint density at radius 1 is 1.17 bits per heavy atom. The molecule has 0 aliphatic carbocycles. The number of anilines is 3. The van der Waals surface area contributed by atoms with Crippen molar-refractivity contribution in [3.63, 3.8) is 0 Å². The van der Waals surface area contributed by atoms with E-state index in [9.17, 15) is 9.18 Å². The Labute approximate surface area is 104 Å². The first-order valence-corrected chi connectivity index (χ1v) is 5.50. The molecule has 0 saturated carbocycles. The molecular weight excluding hydrogens is 231 g/mol. The van der Waals surface area contributed by atoms with Crippen LogP contribution in [0.3, 0.4) is 0 Å². The van der Waals surface area contributed by atoms with E-state index < -0.39 is 5.82 Å². The lowest BCUT2D eigenvalue weighted by atomic mass is 10.1. The summed E-state index contributed by atoms with van der Waals surface area (Å²) in [5.41, 5.74) is 7.56. The normalized spacial score (nSPS) is 10.1. The molecule has 0 amide bonds. The summed E-state index contributed by atoms with van der Waals surface area (Å²) < 4.78 is 13.5. The predicted molar refractivity (Wildman–Crippen MR) is 70.5 cm³/mol. The second-order valence-electron chi connectivity index (χ2n) is 3.96. The number of halogens is 1. The van der Waals surface area contributed by atoms with E-state index in [1.54, 1.807) is 36.4 Å². The van der Waals surface area contributed by atoms with Gasteiger partial charge in [0.1, 0.15) is 5.82 Å². The first-order valence-electron chi connectivity index (χ1n) is 5.50. The first kappa shape index (κ1) is 12.1. The molecule has 2 aromatic rings. The summed E-state index contributed by atoms with van der Waals surface area (Å²) in [6, 6.07) is 11.3. The highest BCUT2D eigenvalue weighted by molar-refractivity contribution is 5.94. The Morgan fingerprint density at radius 3 is 2.39 bits per heavy atom. The van der Waals surface area contributed by atoms with Crippen molar-refractivity contribution in [3.8, 4) is 0 Å². The van der Waals surface area contributed by atoms with Gasteiger partial charge in [-0.1, -0.05) is 6.07 Å². The molecule has 2 aromatic carbocycles. The van der Waals surface area contributed by atoms with Crippen molar-refractivity contribution in [1.82, 2.24) is 0 Å². The minimum Gasteiger partial charge on any atom is -0.397 e. The fourth-order valence-electron chi connectivity index (χ4n) is 1.61. The monoisotopic (exact) mass is 244 g/mol. The number of carbonyl (C=O) groups is 1. The van der Waals surface area contributed by atoms with Gasteiger partial charge in [-0.05, 0) is 43.3 Å². The van der Waals surface area contributed by atoms with E-state index in [-0.39, 0.29) is 11.5 Å². The third-order valence-corrected chi connectivity index (χ3v) is 2.61. The molecule has 0 bridgehead atoms. The fourth-order valence-corrected chi connectivity index (χ4v) is 1.61. The third-order valence-electron chi connectivity index (χ3n) is 2.61. The van der Waals surface area contributed by atoms with Crippen LogP contribution in [0.15, 0.2) is 42.5 Å². The molecule has 0 spiro atoms. The maximum atomic E-state index is 13.5. The Morgan fingerprint density at radius 2 is 1.83 bits per heavy atom. The molecule has 0 aliphatic heterocycles. The summed E-state index contributed by atoms with van der Waals surface area (Å²) in [5, 5.41) is 2.90. The van der Waals surface area contributed by atoms with Gasteiger partial charge in [0.05, 0.1) is 11.4 Å². The third kappa shape index (κ3) is 2.48. The van der Waals surface area contributed by atoms with Crippen LogP contribution in [0.5, 0.6) is 0 Å². The van der Waals surface area contributed by atoms with Gasteiger partial charge in [-0.25, -0.2) is 4.39 Å². The van der Waals surface area contributed by atoms with E-state index in [1.165, 1.54) is 13.0 Å². The standard InChI is InChI=1S/C14H13FN2O/c1-9(18)10-5-7-11(8-6-10)17-14-12(15)3-2-4-13(14)16/h2-8,17H,16H2,1H3. The van der Waals surface area contributed by atoms with Crippen molar-refractivity contribution in [3.05, 3.63) is 53.8 Å². The number of ketones is 1. The van der Waals surface area contributed by atoms with Crippen LogP contribution in [0.25, 0.3) is 0 Å². The smallest absolute Gasteiger partial charge is 0.159 e. The highest BCUT2D eigenvalue weighted by Gasteiger charge is 2.06. The molecule has 0 unspecified atom stereocenters. The summed E-state index contributed by atoms with van der Waals surface area (Å²) in [5.74, 6) is -0.419. The van der Waals surface area contributed by atoms with Gasteiger partial charge in [-0.2, -0.15) is 0 Å². The predicted octanol–water partition coefficient (Wildman–Crippen LogP) is 3.35. The molecular formula is C14H13FN2O. The van der Waals surface area contributed by atoms with Crippen LogP contribution in [0.4, 0.5) is 21.5 Å². The molecule has 4 heteroatoms. The molecule has 0 radical (unpaired) electrons. The Hall–Kier alpha value is -2.36. The summed E-state index contributed by atoms with van der Waals surface area (Å²) in [6.45, 7) is 1.50. The number of para-hydroxylation sites is 1. The van der Waals surface area contributed by atoms with Gasteiger partial charge in [-0.3, -0.25) is 4.79 Å². The van der Waals surface area contributed by atoms with E-state index in [0.717, 1.165) is 0 Å². The van der Waals surface area contributed by atoms with Gasteiger partial charge in [0.15, 0.2) is 5.78 Å². The van der Waals surface area contributed by atoms with Gasteiger partial charge in [0.2, 0.25) is 0 Å².